The van der Waals surface area contributed by atoms with E-state index in [4.69, 9.17) is 4.74 Å². The summed E-state index contributed by atoms with van der Waals surface area (Å²) in [5.74, 6) is 0.466. The molecule has 2 rings (SSSR count). The van der Waals surface area contributed by atoms with E-state index >= 15 is 0 Å². The van der Waals surface area contributed by atoms with Crippen LogP contribution in [-0.2, 0) is 4.79 Å². The Hall–Kier alpha value is -1.49. The van der Waals surface area contributed by atoms with Crippen molar-refractivity contribution in [3.63, 3.8) is 0 Å². The van der Waals surface area contributed by atoms with Crippen molar-refractivity contribution >= 4 is 28.0 Å². The van der Waals surface area contributed by atoms with Crippen molar-refractivity contribution in [2.24, 2.45) is 0 Å². The number of nitrogens with zero attached hydrogens (tertiary/aromatic N) is 2. The molecule has 0 unspecified atom stereocenters. The summed E-state index contributed by atoms with van der Waals surface area (Å²) in [4.78, 5) is 19.4. The Bertz CT molecular complexity index is 467. The molecule has 0 aliphatic heterocycles. The van der Waals surface area contributed by atoms with E-state index < -0.39 is 0 Å². The second kappa shape index (κ2) is 3.71. The number of hydrogen-bond donors (Lipinski definition) is 0. The topological polar surface area (TPSA) is 52.1 Å². The number of aldehydes is 1. The van der Waals surface area contributed by atoms with Gasteiger partial charge in [-0.3, -0.25) is 4.79 Å². The first-order chi connectivity index (χ1) is 6.79. The van der Waals surface area contributed by atoms with Crippen molar-refractivity contribution in [3.8, 4) is 5.88 Å². The fourth-order valence-corrected chi connectivity index (χ4v) is 1.89. The summed E-state index contributed by atoms with van der Waals surface area (Å²) >= 11 is 1.51. The molecular formula is C9H8N2O2S. The second-order valence-corrected chi connectivity index (χ2v) is 3.87. The SMILES string of the molecule is Cc1nc2ccc(OCC=O)nc2s1. The van der Waals surface area contributed by atoms with Gasteiger partial charge in [0.05, 0.1) is 5.01 Å². The number of aromatic nitrogens is 2. The predicted molar refractivity (Wildman–Crippen MR) is 53.7 cm³/mol. The lowest BCUT2D eigenvalue weighted by Gasteiger charge is -1.98. The molecule has 5 heteroatoms. The molecule has 14 heavy (non-hydrogen) atoms. The van der Waals surface area contributed by atoms with Crippen LogP contribution in [0.3, 0.4) is 0 Å². The van der Waals surface area contributed by atoms with E-state index in [1.807, 2.05) is 13.0 Å². The maximum Gasteiger partial charge on any atom is 0.215 e. The van der Waals surface area contributed by atoms with Gasteiger partial charge in [0.1, 0.15) is 17.0 Å². The fraction of sp³-hybridized carbons (Fsp3) is 0.222. The summed E-state index contributed by atoms with van der Waals surface area (Å²) in [6, 6.07) is 3.55. The van der Waals surface area contributed by atoms with Crippen molar-refractivity contribution in [2.45, 2.75) is 6.92 Å². The third-order valence-electron chi connectivity index (χ3n) is 1.64. The van der Waals surface area contributed by atoms with Crippen LogP contribution >= 0.6 is 11.3 Å². The van der Waals surface area contributed by atoms with Crippen molar-refractivity contribution in [3.05, 3.63) is 17.1 Å². The van der Waals surface area contributed by atoms with Gasteiger partial charge in [0.15, 0.2) is 6.29 Å². The molecule has 0 aromatic carbocycles. The molecule has 72 valence electrons. The molecule has 4 nitrogen and oxygen atoms in total. The van der Waals surface area contributed by atoms with Gasteiger partial charge in [-0.2, -0.15) is 0 Å². The molecule has 2 aromatic rings. The van der Waals surface area contributed by atoms with Gasteiger partial charge in [0.25, 0.3) is 0 Å². The normalized spacial score (nSPS) is 10.4. The highest BCUT2D eigenvalue weighted by atomic mass is 32.1. The Labute approximate surface area is 84.6 Å². The second-order valence-electron chi connectivity index (χ2n) is 2.68. The summed E-state index contributed by atoms with van der Waals surface area (Å²) in [6.45, 7) is 1.97. The molecule has 0 saturated heterocycles. The number of carbonyl (C=O) groups is 1. The van der Waals surface area contributed by atoms with Crippen LogP contribution in [0.25, 0.3) is 10.3 Å². The number of carbonyl (C=O) groups excluding carboxylic acids is 1. The van der Waals surface area contributed by atoms with Gasteiger partial charge >= 0.3 is 0 Å². The van der Waals surface area contributed by atoms with Crippen LogP contribution in [0.15, 0.2) is 12.1 Å². The third-order valence-corrected chi connectivity index (χ3v) is 2.52. The van der Waals surface area contributed by atoms with E-state index in [2.05, 4.69) is 9.97 Å². The highest BCUT2D eigenvalue weighted by Crippen LogP contribution is 2.21. The molecule has 0 aliphatic rings. The largest absolute Gasteiger partial charge is 0.470 e. The molecule has 0 saturated carbocycles. The predicted octanol–water partition coefficient (Wildman–Crippen LogP) is 1.58. The minimum absolute atomic E-state index is 0.0380. The Kier molecular flexibility index (Phi) is 2.41. The smallest absolute Gasteiger partial charge is 0.215 e. The quantitative estimate of drug-likeness (QED) is 0.718. The Morgan fingerprint density at radius 2 is 2.36 bits per heavy atom. The molecule has 0 spiro atoms. The van der Waals surface area contributed by atoms with E-state index in [9.17, 15) is 4.79 Å². The molecule has 0 radical (unpaired) electrons. The van der Waals surface area contributed by atoms with Crippen LogP contribution in [0.5, 0.6) is 5.88 Å². The highest BCUT2D eigenvalue weighted by Gasteiger charge is 2.03. The summed E-state index contributed by atoms with van der Waals surface area (Å²) in [7, 11) is 0. The zero-order valence-electron chi connectivity index (χ0n) is 7.56. The van der Waals surface area contributed by atoms with E-state index in [-0.39, 0.29) is 6.61 Å². The van der Waals surface area contributed by atoms with Crippen molar-refractivity contribution in [1.29, 1.82) is 0 Å². The van der Waals surface area contributed by atoms with Crippen molar-refractivity contribution in [2.75, 3.05) is 6.61 Å². The Morgan fingerprint density at radius 3 is 3.14 bits per heavy atom. The number of pyridine rings is 1. The van der Waals surface area contributed by atoms with Crippen LogP contribution in [0.2, 0.25) is 0 Å². The van der Waals surface area contributed by atoms with Gasteiger partial charge in [0, 0.05) is 6.07 Å². The first-order valence-corrected chi connectivity index (χ1v) is 4.92. The van der Waals surface area contributed by atoms with Crippen molar-refractivity contribution < 1.29 is 9.53 Å². The monoisotopic (exact) mass is 208 g/mol. The molecular weight excluding hydrogens is 200 g/mol. The van der Waals surface area contributed by atoms with Crippen LogP contribution in [0, 0.1) is 6.92 Å². The fourth-order valence-electron chi connectivity index (χ4n) is 1.11. The molecule has 0 amide bonds. The maximum absolute atomic E-state index is 10.1. The van der Waals surface area contributed by atoms with Crippen LogP contribution in [0.1, 0.15) is 5.01 Å². The Morgan fingerprint density at radius 1 is 1.50 bits per heavy atom. The first-order valence-electron chi connectivity index (χ1n) is 4.10. The number of rotatable bonds is 3. The standard InChI is InChI=1S/C9H8N2O2S/c1-6-10-7-2-3-8(13-5-4-12)11-9(7)14-6/h2-4H,5H2,1H3. The number of hydrogen-bond acceptors (Lipinski definition) is 5. The molecule has 2 heterocycles. The average Bonchev–Trinajstić information content (AvgIpc) is 2.54. The number of aryl methyl sites for hydroxylation is 1. The van der Waals surface area contributed by atoms with Crippen LogP contribution in [0.4, 0.5) is 0 Å². The van der Waals surface area contributed by atoms with E-state index in [0.717, 1.165) is 15.4 Å². The summed E-state index contributed by atoms with van der Waals surface area (Å²) < 4.78 is 5.07. The van der Waals surface area contributed by atoms with Gasteiger partial charge in [-0.15, -0.1) is 0 Å². The zero-order chi connectivity index (χ0) is 9.97. The summed E-state index contributed by atoms with van der Waals surface area (Å²) in [5.41, 5.74) is 0.867. The van der Waals surface area contributed by atoms with E-state index in [0.29, 0.717) is 12.2 Å². The minimum atomic E-state index is 0.0380. The summed E-state index contributed by atoms with van der Waals surface area (Å²) in [5, 5.41) is 0.972. The first kappa shape index (κ1) is 9.08. The summed E-state index contributed by atoms with van der Waals surface area (Å²) in [6.07, 6.45) is 0.698. The lowest BCUT2D eigenvalue weighted by atomic mass is 10.4. The molecule has 2 aromatic heterocycles. The molecule has 0 N–H and O–H groups in total. The van der Waals surface area contributed by atoms with Crippen molar-refractivity contribution in [1.82, 2.24) is 9.97 Å². The molecule has 0 atom stereocenters. The van der Waals surface area contributed by atoms with Crippen LogP contribution < -0.4 is 4.74 Å². The average molecular weight is 208 g/mol. The van der Waals surface area contributed by atoms with E-state index in [1.165, 1.54) is 11.3 Å². The van der Waals surface area contributed by atoms with Crippen LogP contribution in [-0.4, -0.2) is 22.9 Å². The Balaban J connectivity index is 2.35. The van der Waals surface area contributed by atoms with Gasteiger partial charge < -0.3 is 4.74 Å². The lowest BCUT2D eigenvalue weighted by Crippen LogP contribution is -1.98. The lowest BCUT2D eigenvalue weighted by molar-refractivity contribution is -0.109. The van der Waals surface area contributed by atoms with E-state index in [1.54, 1.807) is 6.07 Å². The highest BCUT2D eigenvalue weighted by molar-refractivity contribution is 7.18. The molecule has 0 fully saturated rings. The number of fused-ring (bicyclic) bond motifs is 1. The third kappa shape index (κ3) is 1.72. The maximum atomic E-state index is 10.1. The van der Waals surface area contributed by atoms with Gasteiger partial charge in [-0.05, 0) is 13.0 Å². The zero-order valence-corrected chi connectivity index (χ0v) is 8.37. The molecule has 0 aliphatic carbocycles. The number of thiazole rings is 1. The van der Waals surface area contributed by atoms with Gasteiger partial charge in [0.2, 0.25) is 5.88 Å². The molecule has 0 bridgehead atoms. The number of ether oxygens (including phenoxy) is 1. The van der Waals surface area contributed by atoms with Gasteiger partial charge in [-0.25, -0.2) is 9.97 Å². The minimum Gasteiger partial charge on any atom is -0.470 e. The van der Waals surface area contributed by atoms with Gasteiger partial charge in [-0.1, -0.05) is 11.3 Å².